The molecule has 0 bridgehead atoms. The topological polar surface area (TPSA) is 93.4 Å². The second-order valence-electron chi connectivity index (χ2n) is 2.69. The molecule has 78 valence electrons. The number of aromatic amines is 1. The average Bonchev–Trinajstić information content (AvgIpc) is 2.66. The van der Waals surface area contributed by atoms with Crippen LogP contribution in [0.1, 0.15) is 5.69 Å². The lowest BCUT2D eigenvalue weighted by Gasteiger charge is -2.04. The molecule has 0 amide bonds. The van der Waals surface area contributed by atoms with Gasteiger partial charge in [-0.3, -0.25) is 5.10 Å². The van der Waals surface area contributed by atoms with Crippen LogP contribution in [0.3, 0.4) is 0 Å². The summed E-state index contributed by atoms with van der Waals surface area (Å²) < 4.78 is 0. The molecule has 0 aliphatic heterocycles. The van der Waals surface area contributed by atoms with Gasteiger partial charge in [0, 0.05) is 0 Å². The van der Waals surface area contributed by atoms with Gasteiger partial charge in [-0.15, -0.1) is 0 Å². The Kier molecular flexibility index (Phi) is 2.74. The third-order valence-electron chi connectivity index (χ3n) is 1.66. The van der Waals surface area contributed by atoms with E-state index in [-0.39, 0.29) is 5.28 Å². The standard InChI is InChI=1S/C7H7ClN6S/c1-3-4(9)5(13-6(8)12-3)15-7-10-2-11-14-7/h2H,9H2,1H3,(H,10,11,14). The van der Waals surface area contributed by atoms with Gasteiger partial charge in [-0.1, -0.05) is 0 Å². The number of nitrogen functional groups attached to an aromatic ring is 1. The predicted molar refractivity (Wildman–Crippen MR) is 56.7 cm³/mol. The highest BCUT2D eigenvalue weighted by atomic mass is 35.5. The van der Waals surface area contributed by atoms with E-state index in [1.54, 1.807) is 6.92 Å². The molecule has 0 aliphatic carbocycles. The van der Waals surface area contributed by atoms with Crippen molar-refractivity contribution in [3.8, 4) is 0 Å². The van der Waals surface area contributed by atoms with E-state index in [1.807, 2.05) is 0 Å². The Hall–Kier alpha value is -1.34. The molecule has 0 saturated carbocycles. The van der Waals surface area contributed by atoms with Crippen LogP contribution in [0, 0.1) is 6.92 Å². The SMILES string of the molecule is Cc1nc(Cl)nc(Sc2ncn[nH]2)c1N. The van der Waals surface area contributed by atoms with Crippen LogP contribution in [-0.4, -0.2) is 25.1 Å². The number of nitrogens with zero attached hydrogens (tertiary/aromatic N) is 4. The Morgan fingerprint density at radius 1 is 1.47 bits per heavy atom. The first-order valence-electron chi connectivity index (χ1n) is 3.99. The van der Waals surface area contributed by atoms with E-state index in [4.69, 9.17) is 17.3 Å². The lowest BCUT2D eigenvalue weighted by atomic mass is 10.4. The summed E-state index contributed by atoms with van der Waals surface area (Å²) in [6.07, 6.45) is 1.41. The van der Waals surface area contributed by atoms with Crippen LogP contribution < -0.4 is 5.73 Å². The van der Waals surface area contributed by atoms with Crippen molar-refractivity contribution in [1.29, 1.82) is 0 Å². The Balaban J connectivity index is 2.36. The Bertz CT molecular complexity index is 471. The molecule has 15 heavy (non-hydrogen) atoms. The Morgan fingerprint density at radius 3 is 2.93 bits per heavy atom. The van der Waals surface area contributed by atoms with Gasteiger partial charge >= 0.3 is 0 Å². The summed E-state index contributed by atoms with van der Waals surface area (Å²) in [6, 6.07) is 0. The molecule has 0 atom stereocenters. The summed E-state index contributed by atoms with van der Waals surface area (Å²) in [7, 11) is 0. The average molecular weight is 243 g/mol. The number of anilines is 1. The minimum absolute atomic E-state index is 0.170. The van der Waals surface area contributed by atoms with Gasteiger partial charge < -0.3 is 5.73 Å². The number of aryl methyl sites for hydroxylation is 1. The fraction of sp³-hybridized carbons (Fsp3) is 0.143. The van der Waals surface area contributed by atoms with E-state index < -0.39 is 0 Å². The molecule has 2 heterocycles. The van der Waals surface area contributed by atoms with Crippen LogP contribution in [0.25, 0.3) is 0 Å². The first kappa shape index (κ1) is 10.2. The third-order valence-corrected chi connectivity index (χ3v) is 2.72. The molecule has 0 radical (unpaired) electrons. The Morgan fingerprint density at radius 2 is 2.27 bits per heavy atom. The molecule has 0 aromatic carbocycles. The zero-order valence-electron chi connectivity index (χ0n) is 7.73. The molecule has 0 spiro atoms. The minimum atomic E-state index is 0.170. The second kappa shape index (κ2) is 4.03. The van der Waals surface area contributed by atoms with E-state index in [1.165, 1.54) is 18.1 Å². The number of halogens is 1. The Labute approximate surface area is 94.7 Å². The molecular formula is C7H7ClN6S. The van der Waals surface area contributed by atoms with E-state index in [0.717, 1.165) is 0 Å². The molecular weight excluding hydrogens is 236 g/mol. The van der Waals surface area contributed by atoms with Crippen LogP contribution in [0.4, 0.5) is 5.69 Å². The van der Waals surface area contributed by atoms with Crippen molar-refractivity contribution in [3.05, 3.63) is 17.3 Å². The van der Waals surface area contributed by atoms with E-state index in [9.17, 15) is 0 Å². The summed E-state index contributed by atoms with van der Waals surface area (Å²) in [5, 5.41) is 7.76. The number of rotatable bonds is 2. The number of nitrogens with one attached hydrogen (secondary N) is 1. The number of aromatic nitrogens is 5. The van der Waals surface area contributed by atoms with Crippen molar-refractivity contribution in [2.75, 3.05) is 5.73 Å². The van der Waals surface area contributed by atoms with Crippen molar-refractivity contribution in [2.24, 2.45) is 0 Å². The summed E-state index contributed by atoms with van der Waals surface area (Å²) >= 11 is 6.98. The molecule has 0 aliphatic rings. The predicted octanol–water partition coefficient (Wildman–Crippen LogP) is 1.29. The maximum Gasteiger partial charge on any atom is 0.223 e. The molecule has 2 aromatic rings. The van der Waals surface area contributed by atoms with Crippen LogP contribution in [-0.2, 0) is 0 Å². The maximum absolute atomic E-state index is 5.80. The molecule has 0 fully saturated rings. The zero-order valence-corrected chi connectivity index (χ0v) is 9.30. The number of nitrogens with two attached hydrogens (primary N) is 1. The van der Waals surface area contributed by atoms with E-state index in [2.05, 4.69) is 25.1 Å². The van der Waals surface area contributed by atoms with Crippen molar-refractivity contribution in [1.82, 2.24) is 25.1 Å². The largest absolute Gasteiger partial charge is 0.395 e. The molecule has 2 rings (SSSR count). The zero-order chi connectivity index (χ0) is 10.8. The van der Waals surface area contributed by atoms with Crippen LogP contribution in [0.15, 0.2) is 16.5 Å². The van der Waals surface area contributed by atoms with E-state index >= 15 is 0 Å². The van der Waals surface area contributed by atoms with Gasteiger partial charge in [0.25, 0.3) is 0 Å². The van der Waals surface area contributed by atoms with Gasteiger partial charge in [0.2, 0.25) is 5.28 Å². The van der Waals surface area contributed by atoms with Crippen molar-refractivity contribution in [2.45, 2.75) is 17.1 Å². The van der Waals surface area contributed by atoms with Crippen LogP contribution in [0.2, 0.25) is 5.28 Å². The summed E-state index contributed by atoms with van der Waals surface area (Å²) in [4.78, 5) is 11.9. The van der Waals surface area contributed by atoms with Crippen molar-refractivity contribution in [3.63, 3.8) is 0 Å². The fourth-order valence-electron chi connectivity index (χ4n) is 0.935. The highest BCUT2D eigenvalue weighted by molar-refractivity contribution is 7.99. The summed E-state index contributed by atoms with van der Waals surface area (Å²) in [6.45, 7) is 1.77. The quantitative estimate of drug-likeness (QED) is 0.609. The first-order valence-corrected chi connectivity index (χ1v) is 5.19. The highest BCUT2D eigenvalue weighted by Crippen LogP contribution is 2.29. The third kappa shape index (κ3) is 2.18. The van der Waals surface area contributed by atoms with Gasteiger partial charge in [0.1, 0.15) is 11.4 Å². The molecule has 3 N–H and O–H groups in total. The number of hydrogen-bond acceptors (Lipinski definition) is 6. The number of H-pyrrole nitrogens is 1. The van der Waals surface area contributed by atoms with Crippen molar-refractivity contribution < 1.29 is 0 Å². The summed E-state index contributed by atoms with van der Waals surface area (Å²) in [5.41, 5.74) is 6.95. The van der Waals surface area contributed by atoms with Gasteiger partial charge in [0.05, 0.1) is 11.4 Å². The first-order chi connectivity index (χ1) is 7.16. The number of hydrogen-bond donors (Lipinski definition) is 2. The lowest BCUT2D eigenvalue weighted by molar-refractivity contribution is 0.959. The smallest absolute Gasteiger partial charge is 0.223 e. The fourth-order valence-corrected chi connectivity index (χ4v) is 1.97. The van der Waals surface area contributed by atoms with Crippen LogP contribution in [0.5, 0.6) is 0 Å². The van der Waals surface area contributed by atoms with Gasteiger partial charge in [-0.25, -0.2) is 15.0 Å². The van der Waals surface area contributed by atoms with Gasteiger partial charge in [0.15, 0.2) is 5.16 Å². The monoisotopic (exact) mass is 242 g/mol. The van der Waals surface area contributed by atoms with Crippen molar-refractivity contribution >= 4 is 29.1 Å². The second-order valence-corrected chi connectivity index (χ2v) is 4.01. The van der Waals surface area contributed by atoms with Gasteiger partial charge in [-0.05, 0) is 30.3 Å². The van der Waals surface area contributed by atoms with Gasteiger partial charge in [-0.2, -0.15) is 5.10 Å². The molecule has 0 unspecified atom stereocenters. The maximum atomic E-state index is 5.80. The lowest BCUT2D eigenvalue weighted by Crippen LogP contribution is -1.99. The molecule has 0 saturated heterocycles. The molecule has 8 heteroatoms. The van der Waals surface area contributed by atoms with E-state index in [0.29, 0.717) is 21.6 Å². The van der Waals surface area contributed by atoms with Crippen LogP contribution >= 0.6 is 23.4 Å². The highest BCUT2D eigenvalue weighted by Gasteiger charge is 2.10. The normalized spacial score (nSPS) is 10.5. The minimum Gasteiger partial charge on any atom is -0.395 e. The summed E-state index contributed by atoms with van der Waals surface area (Å²) in [5.74, 6) is 0. The molecule has 2 aromatic heterocycles. The molecule has 6 nitrogen and oxygen atoms in total.